The molecule has 19 heavy (non-hydrogen) atoms. The molecule has 0 saturated heterocycles. The molecule has 102 valence electrons. The maximum Gasteiger partial charge on any atom is 0.279 e. The van der Waals surface area contributed by atoms with Crippen LogP contribution in [0.4, 0.5) is 5.69 Å². The molecule has 2 aromatic rings. The van der Waals surface area contributed by atoms with E-state index in [1.54, 1.807) is 19.1 Å². The fraction of sp³-hybridized carbons (Fsp3) is 0.250. The van der Waals surface area contributed by atoms with Gasteiger partial charge in [-0.1, -0.05) is 19.1 Å². The largest absolute Gasteiger partial charge is 0.506 e. The Morgan fingerprint density at radius 2 is 2.16 bits per heavy atom. The monoisotopic (exact) mass is 281 g/mol. The summed E-state index contributed by atoms with van der Waals surface area (Å²) < 4.78 is 26.6. The summed E-state index contributed by atoms with van der Waals surface area (Å²) in [6.45, 7) is 3.58. The molecule has 1 aromatic carbocycles. The van der Waals surface area contributed by atoms with Gasteiger partial charge >= 0.3 is 0 Å². The summed E-state index contributed by atoms with van der Waals surface area (Å²) in [5, 5.41) is 9.68. The van der Waals surface area contributed by atoms with Crippen molar-refractivity contribution in [3.05, 3.63) is 35.8 Å². The molecule has 0 fully saturated rings. The Balaban J connectivity index is 2.36. The maximum absolute atomic E-state index is 12.1. The molecule has 0 saturated carbocycles. The standard InChI is InChI=1S/C12H15N3O3S/c1-3-10-13-7-11(14-10)19(17,18)15-12-8(2)5-4-6-9(12)16/h4-7,15-16H,3H2,1-2H3,(H,13,14). The van der Waals surface area contributed by atoms with Crippen LogP contribution < -0.4 is 4.72 Å². The first-order valence-corrected chi connectivity index (χ1v) is 7.27. The lowest BCUT2D eigenvalue weighted by molar-refractivity contribution is 0.477. The van der Waals surface area contributed by atoms with Crippen LogP contribution in [0.1, 0.15) is 18.3 Å². The number of aromatic nitrogens is 2. The van der Waals surface area contributed by atoms with Crippen molar-refractivity contribution < 1.29 is 13.5 Å². The van der Waals surface area contributed by atoms with E-state index in [1.807, 2.05) is 6.92 Å². The molecule has 0 unspecified atom stereocenters. The van der Waals surface area contributed by atoms with Crippen LogP contribution in [0.3, 0.4) is 0 Å². The number of nitrogens with one attached hydrogen (secondary N) is 2. The predicted octanol–water partition coefficient (Wildman–Crippen LogP) is 1.79. The van der Waals surface area contributed by atoms with Crippen molar-refractivity contribution in [3.8, 4) is 5.75 Å². The minimum Gasteiger partial charge on any atom is -0.506 e. The molecular formula is C12H15N3O3S. The van der Waals surface area contributed by atoms with Crippen LogP contribution in [0.25, 0.3) is 0 Å². The van der Waals surface area contributed by atoms with Crippen molar-refractivity contribution in [2.75, 3.05) is 4.72 Å². The Labute approximate surface area is 111 Å². The zero-order valence-electron chi connectivity index (χ0n) is 10.6. The molecule has 0 atom stereocenters. The number of benzene rings is 1. The number of aryl methyl sites for hydroxylation is 2. The number of aromatic hydroxyl groups is 1. The minimum absolute atomic E-state index is 0.0213. The first-order valence-electron chi connectivity index (χ1n) is 5.79. The summed E-state index contributed by atoms with van der Waals surface area (Å²) in [7, 11) is -3.78. The quantitative estimate of drug-likeness (QED) is 0.744. The molecule has 1 heterocycles. The minimum atomic E-state index is -3.78. The summed E-state index contributed by atoms with van der Waals surface area (Å²) in [5.41, 5.74) is 0.814. The number of hydrogen-bond donors (Lipinski definition) is 3. The zero-order valence-corrected chi connectivity index (χ0v) is 11.5. The van der Waals surface area contributed by atoms with Gasteiger partial charge in [0.05, 0.1) is 11.9 Å². The molecule has 0 aliphatic carbocycles. The van der Waals surface area contributed by atoms with Crippen LogP contribution in [0, 0.1) is 6.92 Å². The van der Waals surface area contributed by atoms with Crippen LogP contribution in [-0.4, -0.2) is 23.5 Å². The molecule has 0 aliphatic rings. The number of aromatic amines is 1. The summed E-state index contributed by atoms with van der Waals surface area (Å²) in [4.78, 5) is 6.67. The SMILES string of the molecule is CCc1ncc(S(=O)(=O)Nc2c(C)cccc2O)[nH]1. The van der Waals surface area contributed by atoms with Crippen LogP contribution in [0.2, 0.25) is 0 Å². The van der Waals surface area contributed by atoms with Crippen LogP contribution >= 0.6 is 0 Å². The first kappa shape index (κ1) is 13.4. The number of phenols is 1. The molecule has 0 radical (unpaired) electrons. The Morgan fingerprint density at radius 3 is 2.74 bits per heavy atom. The molecule has 7 heteroatoms. The zero-order chi connectivity index (χ0) is 14.0. The van der Waals surface area contributed by atoms with E-state index in [0.717, 1.165) is 0 Å². The lowest BCUT2D eigenvalue weighted by atomic mass is 10.2. The number of hydrogen-bond acceptors (Lipinski definition) is 4. The van der Waals surface area contributed by atoms with Crippen molar-refractivity contribution in [2.45, 2.75) is 25.3 Å². The number of imidazole rings is 1. The van der Waals surface area contributed by atoms with Gasteiger partial charge in [0.15, 0.2) is 5.03 Å². The van der Waals surface area contributed by atoms with Gasteiger partial charge < -0.3 is 10.1 Å². The Kier molecular flexibility index (Phi) is 3.48. The molecule has 0 amide bonds. The Hall–Kier alpha value is -2.02. The molecule has 0 aliphatic heterocycles. The normalized spacial score (nSPS) is 11.5. The number of para-hydroxylation sites is 1. The fourth-order valence-corrected chi connectivity index (χ4v) is 2.72. The van der Waals surface area contributed by atoms with E-state index >= 15 is 0 Å². The van der Waals surface area contributed by atoms with E-state index in [9.17, 15) is 13.5 Å². The highest BCUT2D eigenvalue weighted by atomic mass is 32.2. The van der Waals surface area contributed by atoms with Crippen molar-refractivity contribution in [1.29, 1.82) is 0 Å². The molecular weight excluding hydrogens is 266 g/mol. The highest BCUT2D eigenvalue weighted by Gasteiger charge is 2.19. The predicted molar refractivity (Wildman–Crippen MR) is 71.6 cm³/mol. The highest BCUT2D eigenvalue weighted by molar-refractivity contribution is 7.92. The highest BCUT2D eigenvalue weighted by Crippen LogP contribution is 2.28. The van der Waals surface area contributed by atoms with Gasteiger partial charge in [0.2, 0.25) is 0 Å². The second-order valence-corrected chi connectivity index (χ2v) is 5.77. The van der Waals surface area contributed by atoms with E-state index < -0.39 is 10.0 Å². The topological polar surface area (TPSA) is 95.1 Å². The van der Waals surface area contributed by atoms with E-state index in [1.165, 1.54) is 12.3 Å². The Bertz CT molecular complexity index is 672. The van der Waals surface area contributed by atoms with Gasteiger partial charge in [-0.3, -0.25) is 4.72 Å². The van der Waals surface area contributed by atoms with E-state index in [4.69, 9.17) is 0 Å². The van der Waals surface area contributed by atoms with Crippen LogP contribution in [0.5, 0.6) is 5.75 Å². The van der Waals surface area contributed by atoms with Crippen LogP contribution in [0.15, 0.2) is 29.4 Å². The fourth-order valence-electron chi connectivity index (χ4n) is 1.63. The van der Waals surface area contributed by atoms with Gasteiger partial charge in [-0.25, -0.2) is 4.98 Å². The summed E-state index contributed by atoms with van der Waals surface area (Å²) >= 11 is 0. The van der Waals surface area contributed by atoms with Gasteiger partial charge in [-0.15, -0.1) is 0 Å². The average Bonchev–Trinajstić information content (AvgIpc) is 2.83. The smallest absolute Gasteiger partial charge is 0.279 e. The number of H-pyrrole nitrogens is 1. The first-order chi connectivity index (χ1) is 8.94. The molecule has 0 spiro atoms. The summed E-state index contributed by atoms with van der Waals surface area (Å²) in [5.74, 6) is 0.480. The lowest BCUT2D eigenvalue weighted by Gasteiger charge is -2.10. The van der Waals surface area contributed by atoms with Gasteiger partial charge in [0, 0.05) is 6.42 Å². The second-order valence-electron chi connectivity index (χ2n) is 4.12. The van der Waals surface area contributed by atoms with Crippen molar-refractivity contribution in [3.63, 3.8) is 0 Å². The third kappa shape index (κ3) is 2.70. The molecule has 3 N–H and O–H groups in total. The number of phenolic OH excluding ortho intramolecular Hbond substituents is 1. The number of rotatable bonds is 4. The number of anilines is 1. The van der Waals surface area contributed by atoms with Crippen LogP contribution in [-0.2, 0) is 16.4 Å². The summed E-state index contributed by atoms with van der Waals surface area (Å²) in [6.07, 6.45) is 1.88. The van der Waals surface area contributed by atoms with Gasteiger partial charge in [0.25, 0.3) is 10.0 Å². The van der Waals surface area contributed by atoms with Gasteiger partial charge in [0.1, 0.15) is 11.6 Å². The van der Waals surface area contributed by atoms with E-state index in [0.29, 0.717) is 17.8 Å². The van der Waals surface area contributed by atoms with Crippen molar-refractivity contribution in [1.82, 2.24) is 9.97 Å². The maximum atomic E-state index is 12.1. The third-order valence-electron chi connectivity index (χ3n) is 2.72. The van der Waals surface area contributed by atoms with Crippen molar-refractivity contribution >= 4 is 15.7 Å². The summed E-state index contributed by atoms with van der Waals surface area (Å²) in [6, 6.07) is 4.78. The van der Waals surface area contributed by atoms with Gasteiger partial charge in [-0.05, 0) is 18.6 Å². The molecule has 6 nitrogen and oxygen atoms in total. The second kappa shape index (κ2) is 4.93. The third-order valence-corrected chi connectivity index (χ3v) is 3.98. The number of nitrogens with zero attached hydrogens (tertiary/aromatic N) is 1. The van der Waals surface area contributed by atoms with E-state index in [-0.39, 0.29) is 16.5 Å². The molecule has 1 aromatic heterocycles. The van der Waals surface area contributed by atoms with Gasteiger partial charge in [-0.2, -0.15) is 8.42 Å². The Morgan fingerprint density at radius 1 is 1.42 bits per heavy atom. The number of sulfonamides is 1. The molecule has 2 rings (SSSR count). The van der Waals surface area contributed by atoms with E-state index in [2.05, 4.69) is 14.7 Å². The molecule has 0 bridgehead atoms. The lowest BCUT2D eigenvalue weighted by Crippen LogP contribution is -2.14. The van der Waals surface area contributed by atoms with Crippen molar-refractivity contribution in [2.24, 2.45) is 0 Å². The average molecular weight is 281 g/mol.